The molecule has 2 N–H and O–H groups in total. The summed E-state index contributed by atoms with van der Waals surface area (Å²) >= 11 is 0. The Hall–Kier alpha value is -2.10. The molecule has 0 aliphatic heterocycles. The summed E-state index contributed by atoms with van der Waals surface area (Å²) in [5.41, 5.74) is 0.683. The predicted molar refractivity (Wildman–Crippen MR) is 71.9 cm³/mol. The highest BCUT2D eigenvalue weighted by atomic mass is 16.4. The summed E-state index contributed by atoms with van der Waals surface area (Å²) in [7, 11) is 0. The molecule has 1 atom stereocenters. The highest BCUT2D eigenvalue weighted by molar-refractivity contribution is 6.12. The van der Waals surface area contributed by atoms with Crippen LogP contribution in [0.3, 0.4) is 0 Å². The molecule has 4 heteroatoms. The summed E-state index contributed by atoms with van der Waals surface area (Å²) < 4.78 is 0. The van der Waals surface area contributed by atoms with Crippen LogP contribution in [0.4, 0.5) is 0 Å². The second kappa shape index (κ2) is 7.36. The average molecular weight is 262 g/mol. The molecule has 1 unspecified atom stereocenters. The fourth-order valence-corrected chi connectivity index (χ4v) is 1.87. The summed E-state index contributed by atoms with van der Waals surface area (Å²) in [6.07, 6.45) is 3.89. The van der Waals surface area contributed by atoms with Crippen molar-refractivity contribution in [3.8, 4) is 0 Å². The van der Waals surface area contributed by atoms with Crippen LogP contribution >= 0.6 is 0 Å². The Morgan fingerprint density at radius 3 is 2.26 bits per heavy atom. The first kappa shape index (κ1) is 15.0. The zero-order valence-electron chi connectivity index (χ0n) is 10.9. The van der Waals surface area contributed by atoms with E-state index < -0.39 is 17.5 Å². The van der Waals surface area contributed by atoms with Crippen molar-refractivity contribution in [2.75, 3.05) is 0 Å². The van der Waals surface area contributed by atoms with Crippen molar-refractivity contribution in [2.45, 2.75) is 26.2 Å². The maximum Gasteiger partial charge on any atom is 0.342 e. The molecule has 102 valence electrons. The van der Waals surface area contributed by atoms with E-state index in [1.54, 1.807) is 0 Å². The van der Waals surface area contributed by atoms with E-state index in [1.807, 2.05) is 37.3 Å². The fraction of sp³-hybridized carbons (Fsp3) is 0.333. The third kappa shape index (κ3) is 5.38. The van der Waals surface area contributed by atoms with E-state index in [-0.39, 0.29) is 5.92 Å². The SMILES string of the molecule is CC(C=C(C(=O)O)C(=O)O)CCCc1ccccc1. The van der Waals surface area contributed by atoms with Crippen molar-refractivity contribution in [1.82, 2.24) is 0 Å². The topological polar surface area (TPSA) is 74.6 Å². The quantitative estimate of drug-likeness (QED) is 0.450. The van der Waals surface area contributed by atoms with Gasteiger partial charge in [-0.3, -0.25) is 0 Å². The molecule has 0 saturated carbocycles. The number of aryl methyl sites for hydroxylation is 1. The van der Waals surface area contributed by atoms with Gasteiger partial charge in [0.1, 0.15) is 5.57 Å². The van der Waals surface area contributed by atoms with E-state index in [2.05, 4.69) is 0 Å². The van der Waals surface area contributed by atoms with Crippen LogP contribution in [0.1, 0.15) is 25.3 Å². The second-order valence-electron chi connectivity index (χ2n) is 4.55. The molecule has 0 fully saturated rings. The van der Waals surface area contributed by atoms with Crippen molar-refractivity contribution in [3.63, 3.8) is 0 Å². The molecule has 0 aromatic heterocycles. The molecule has 0 bridgehead atoms. The van der Waals surface area contributed by atoms with Crippen LogP contribution in [0.5, 0.6) is 0 Å². The Bertz CT molecular complexity index is 446. The highest BCUT2D eigenvalue weighted by Crippen LogP contribution is 2.13. The molecule has 1 aromatic rings. The van der Waals surface area contributed by atoms with Gasteiger partial charge in [-0.05, 0) is 30.7 Å². The van der Waals surface area contributed by atoms with Gasteiger partial charge in [0.2, 0.25) is 0 Å². The molecule has 0 aliphatic rings. The smallest absolute Gasteiger partial charge is 0.342 e. The number of rotatable bonds is 7. The molecule has 0 spiro atoms. The largest absolute Gasteiger partial charge is 0.477 e. The third-order valence-corrected chi connectivity index (χ3v) is 2.88. The van der Waals surface area contributed by atoms with Gasteiger partial charge in [-0.25, -0.2) is 9.59 Å². The van der Waals surface area contributed by atoms with E-state index in [4.69, 9.17) is 10.2 Å². The minimum atomic E-state index is -1.39. The number of hydrogen-bond acceptors (Lipinski definition) is 2. The van der Waals surface area contributed by atoms with Gasteiger partial charge < -0.3 is 10.2 Å². The van der Waals surface area contributed by atoms with Gasteiger partial charge in [0.25, 0.3) is 0 Å². The van der Waals surface area contributed by atoms with Crippen LogP contribution in [0.25, 0.3) is 0 Å². The number of carboxylic acid groups (broad SMARTS) is 2. The minimum absolute atomic E-state index is 0.0640. The number of aliphatic carboxylic acids is 2. The van der Waals surface area contributed by atoms with Gasteiger partial charge in [0.05, 0.1) is 0 Å². The van der Waals surface area contributed by atoms with Crippen molar-refractivity contribution in [1.29, 1.82) is 0 Å². The first-order valence-electron chi connectivity index (χ1n) is 6.23. The van der Waals surface area contributed by atoms with Crippen molar-refractivity contribution >= 4 is 11.9 Å². The molecule has 0 saturated heterocycles. The normalized spacial score (nSPS) is 11.6. The molecule has 4 nitrogen and oxygen atoms in total. The van der Waals surface area contributed by atoms with Crippen molar-refractivity contribution in [2.24, 2.45) is 5.92 Å². The lowest BCUT2D eigenvalue weighted by Gasteiger charge is -2.07. The average Bonchev–Trinajstić information content (AvgIpc) is 2.36. The van der Waals surface area contributed by atoms with Gasteiger partial charge in [-0.2, -0.15) is 0 Å². The van der Waals surface area contributed by atoms with Crippen LogP contribution in [0, 0.1) is 5.92 Å². The van der Waals surface area contributed by atoms with Gasteiger partial charge in [-0.15, -0.1) is 0 Å². The number of hydrogen-bond donors (Lipinski definition) is 2. The van der Waals surface area contributed by atoms with Crippen LogP contribution in [0.2, 0.25) is 0 Å². The molecule has 1 rings (SSSR count). The summed E-state index contributed by atoms with van der Waals surface area (Å²) in [5, 5.41) is 17.5. The maximum atomic E-state index is 10.7. The van der Waals surface area contributed by atoms with Crippen LogP contribution < -0.4 is 0 Å². The van der Waals surface area contributed by atoms with Gasteiger partial charge in [-0.1, -0.05) is 43.3 Å². The lowest BCUT2D eigenvalue weighted by Crippen LogP contribution is -2.12. The minimum Gasteiger partial charge on any atom is -0.477 e. The fourth-order valence-electron chi connectivity index (χ4n) is 1.87. The first-order chi connectivity index (χ1) is 9.00. The van der Waals surface area contributed by atoms with E-state index in [0.717, 1.165) is 19.3 Å². The Balaban J connectivity index is 2.47. The molecule has 0 heterocycles. The van der Waals surface area contributed by atoms with Crippen molar-refractivity contribution < 1.29 is 19.8 Å². The first-order valence-corrected chi connectivity index (χ1v) is 6.23. The zero-order valence-corrected chi connectivity index (χ0v) is 10.9. The number of carbonyl (C=O) groups is 2. The second-order valence-corrected chi connectivity index (χ2v) is 4.55. The lowest BCUT2D eigenvalue weighted by atomic mass is 9.99. The molecule has 0 aliphatic carbocycles. The highest BCUT2D eigenvalue weighted by Gasteiger charge is 2.16. The summed E-state index contributed by atoms with van der Waals surface area (Å²) in [6.45, 7) is 1.83. The van der Waals surface area contributed by atoms with Crippen LogP contribution in [0.15, 0.2) is 42.0 Å². The van der Waals surface area contributed by atoms with Gasteiger partial charge in [0.15, 0.2) is 0 Å². The molecule has 1 aromatic carbocycles. The molecular formula is C15H18O4. The Kier molecular flexibility index (Phi) is 5.79. The van der Waals surface area contributed by atoms with Crippen molar-refractivity contribution in [3.05, 3.63) is 47.5 Å². The predicted octanol–water partition coefficient (Wildman–Crippen LogP) is 2.74. The Morgan fingerprint density at radius 1 is 1.16 bits per heavy atom. The summed E-state index contributed by atoms with van der Waals surface area (Å²) in [4.78, 5) is 21.4. The van der Waals surface area contributed by atoms with Crippen LogP contribution in [-0.2, 0) is 16.0 Å². The lowest BCUT2D eigenvalue weighted by molar-refractivity contribution is -0.140. The molecule has 19 heavy (non-hydrogen) atoms. The van der Waals surface area contributed by atoms with Gasteiger partial charge >= 0.3 is 11.9 Å². The standard InChI is InChI=1S/C15H18O4/c1-11(10-13(14(16)17)15(18)19)6-5-9-12-7-3-2-4-8-12/h2-4,7-8,10-11H,5-6,9H2,1H3,(H,16,17)(H,18,19). The number of benzene rings is 1. The summed E-state index contributed by atoms with van der Waals surface area (Å²) in [5.74, 6) is -2.84. The third-order valence-electron chi connectivity index (χ3n) is 2.88. The Morgan fingerprint density at radius 2 is 1.74 bits per heavy atom. The molecular weight excluding hydrogens is 244 g/mol. The van der Waals surface area contributed by atoms with E-state index in [1.165, 1.54) is 11.6 Å². The summed E-state index contributed by atoms with van der Waals surface area (Å²) in [6, 6.07) is 10.00. The Labute approximate surface area is 112 Å². The van der Waals surface area contributed by atoms with E-state index in [0.29, 0.717) is 0 Å². The number of allylic oxidation sites excluding steroid dienone is 1. The van der Waals surface area contributed by atoms with E-state index in [9.17, 15) is 9.59 Å². The maximum absolute atomic E-state index is 10.7. The monoisotopic (exact) mass is 262 g/mol. The molecule has 0 amide bonds. The zero-order chi connectivity index (χ0) is 14.3. The van der Waals surface area contributed by atoms with Crippen LogP contribution in [-0.4, -0.2) is 22.2 Å². The van der Waals surface area contributed by atoms with Gasteiger partial charge in [0, 0.05) is 0 Å². The van der Waals surface area contributed by atoms with E-state index >= 15 is 0 Å². The molecule has 0 radical (unpaired) electrons. The number of carboxylic acids is 2.